The summed E-state index contributed by atoms with van der Waals surface area (Å²) in [6.07, 6.45) is 2.45. The molecule has 0 saturated carbocycles. The molecular formula is C12H13N3O4. The summed E-state index contributed by atoms with van der Waals surface area (Å²) in [7, 11) is 1.62. The summed E-state index contributed by atoms with van der Waals surface area (Å²) in [5.74, 6) is -1.46. The normalized spacial score (nSPS) is 17.5. The van der Waals surface area contributed by atoms with Gasteiger partial charge in [0.15, 0.2) is 5.71 Å². The van der Waals surface area contributed by atoms with Gasteiger partial charge in [-0.05, 0) is 11.6 Å². The Bertz CT molecular complexity index is 515. The first-order chi connectivity index (χ1) is 9.08. The lowest BCUT2D eigenvalue weighted by Gasteiger charge is -2.19. The number of pyridine rings is 1. The maximum absolute atomic E-state index is 12.0. The van der Waals surface area contributed by atoms with E-state index in [1.54, 1.807) is 25.5 Å². The summed E-state index contributed by atoms with van der Waals surface area (Å²) < 4.78 is 0. The largest absolute Gasteiger partial charge is 0.477 e. The third kappa shape index (κ3) is 3.06. The van der Waals surface area contributed by atoms with E-state index in [0.717, 1.165) is 5.56 Å². The molecular weight excluding hydrogens is 250 g/mol. The molecule has 0 spiro atoms. The minimum absolute atomic E-state index is 0.00839. The van der Waals surface area contributed by atoms with Crippen molar-refractivity contribution >= 4 is 17.6 Å². The second-order valence-electron chi connectivity index (χ2n) is 4.20. The van der Waals surface area contributed by atoms with Gasteiger partial charge in [-0.1, -0.05) is 11.2 Å². The van der Waals surface area contributed by atoms with E-state index in [2.05, 4.69) is 10.1 Å². The lowest BCUT2D eigenvalue weighted by Crippen LogP contribution is -2.36. The van der Waals surface area contributed by atoms with Gasteiger partial charge in [0.05, 0.1) is 0 Å². The van der Waals surface area contributed by atoms with Crippen LogP contribution in [0.25, 0.3) is 0 Å². The third-order valence-electron chi connectivity index (χ3n) is 2.71. The number of rotatable bonds is 4. The number of carboxylic acids is 1. The Labute approximate surface area is 109 Å². The van der Waals surface area contributed by atoms with Gasteiger partial charge >= 0.3 is 5.97 Å². The highest BCUT2D eigenvalue weighted by Gasteiger charge is 2.33. The molecule has 0 radical (unpaired) electrons. The molecule has 0 bridgehead atoms. The van der Waals surface area contributed by atoms with Gasteiger partial charge in [0.25, 0.3) is 5.91 Å². The van der Waals surface area contributed by atoms with Crippen LogP contribution >= 0.6 is 0 Å². The van der Waals surface area contributed by atoms with E-state index in [1.165, 1.54) is 4.90 Å². The number of likely N-dealkylation sites (N-methyl/N-ethyl adjacent to an activating group) is 1. The second kappa shape index (κ2) is 5.47. The number of hydrogen-bond acceptors (Lipinski definition) is 5. The van der Waals surface area contributed by atoms with Gasteiger partial charge in [0.1, 0.15) is 0 Å². The first-order valence-corrected chi connectivity index (χ1v) is 5.68. The topological polar surface area (TPSA) is 92.1 Å². The van der Waals surface area contributed by atoms with E-state index in [0.29, 0.717) is 6.54 Å². The van der Waals surface area contributed by atoms with E-state index in [4.69, 9.17) is 9.94 Å². The van der Waals surface area contributed by atoms with Crippen LogP contribution in [0.2, 0.25) is 0 Å². The van der Waals surface area contributed by atoms with Crippen molar-refractivity contribution in [2.24, 2.45) is 5.16 Å². The van der Waals surface area contributed by atoms with Gasteiger partial charge in [-0.3, -0.25) is 9.78 Å². The summed E-state index contributed by atoms with van der Waals surface area (Å²) >= 11 is 0. The van der Waals surface area contributed by atoms with Crippen LogP contribution in [0.1, 0.15) is 12.0 Å². The van der Waals surface area contributed by atoms with Crippen LogP contribution in [-0.2, 0) is 21.0 Å². The summed E-state index contributed by atoms with van der Waals surface area (Å²) in [4.78, 5) is 33.0. The Balaban J connectivity index is 1.92. The van der Waals surface area contributed by atoms with Crippen molar-refractivity contribution in [3.63, 3.8) is 0 Å². The monoisotopic (exact) mass is 263 g/mol. The molecule has 100 valence electrons. The van der Waals surface area contributed by atoms with Crippen molar-refractivity contribution in [2.75, 3.05) is 7.05 Å². The van der Waals surface area contributed by atoms with Crippen LogP contribution in [0.5, 0.6) is 0 Å². The van der Waals surface area contributed by atoms with Gasteiger partial charge in [-0.25, -0.2) is 4.79 Å². The maximum atomic E-state index is 12.0. The Hall–Kier alpha value is -2.44. The van der Waals surface area contributed by atoms with Gasteiger partial charge in [-0.2, -0.15) is 0 Å². The average molecular weight is 263 g/mol. The minimum Gasteiger partial charge on any atom is -0.477 e. The molecule has 1 unspecified atom stereocenters. The zero-order valence-corrected chi connectivity index (χ0v) is 10.3. The SMILES string of the molecule is CN(Cc1cccnc1)C(=O)C1CC(C(=O)O)=NO1. The molecule has 1 aromatic heterocycles. The third-order valence-corrected chi connectivity index (χ3v) is 2.71. The zero-order chi connectivity index (χ0) is 13.8. The molecule has 2 rings (SSSR count). The van der Waals surface area contributed by atoms with Crippen molar-refractivity contribution in [1.29, 1.82) is 0 Å². The molecule has 19 heavy (non-hydrogen) atoms. The van der Waals surface area contributed by atoms with Crippen molar-refractivity contribution in [3.05, 3.63) is 30.1 Å². The van der Waals surface area contributed by atoms with Gasteiger partial charge in [0, 0.05) is 32.4 Å². The minimum atomic E-state index is -1.16. The predicted octanol–water partition coefficient (Wildman–Crippen LogP) is 0.270. The van der Waals surface area contributed by atoms with Crippen LogP contribution in [0.4, 0.5) is 0 Å². The number of carboxylic acid groups (broad SMARTS) is 1. The summed E-state index contributed by atoms with van der Waals surface area (Å²) in [5, 5.41) is 12.1. The van der Waals surface area contributed by atoms with E-state index in [9.17, 15) is 9.59 Å². The molecule has 0 fully saturated rings. The molecule has 1 aliphatic heterocycles. The quantitative estimate of drug-likeness (QED) is 0.841. The molecule has 7 nitrogen and oxygen atoms in total. The van der Waals surface area contributed by atoms with E-state index in [1.807, 2.05) is 6.07 Å². The number of carbonyl (C=O) groups is 2. The molecule has 0 aliphatic carbocycles. The molecule has 1 aliphatic rings. The fourth-order valence-electron chi connectivity index (χ4n) is 1.73. The molecule has 7 heteroatoms. The highest BCUT2D eigenvalue weighted by Crippen LogP contribution is 2.14. The molecule has 0 saturated heterocycles. The average Bonchev–Trinajstić information content (AvgIpc) is 2.88. The predicted molar refractivity (Wildman–Crippen MR) is 65.3 cm³/mol. The first kappa shape index (κ1) is 13.0. The molecule has 1 aromatic rings. The maximum Gasteiger partial charge on any atom is 0.353 e. The van der Waals surface area contributed by atoms with Gasteiger partial charge in [-0.15, -0.1) is 0 Å². The Morgan fingerprint density at radius 2 is 2.37 bits per heavy atom. The Kier molecular flexibility index (Phi) is 3.74. The van der Waals surface area contributed by atoms with E-state index >= 15 is 0 Å². The van der Waals surface area contributed by atoms with Crippen LogP contribution in [0.15, 0.2) is 29.7 Å². The van der Waals surface area contributed by atoms with Crippen LogP contribution < -0.4 is 0 Å². The molecule has 2 heterocycles. The fourth-order valence-corrected chi connectivity index (χ4v) is 1.73. The Morgan fingerprint density at radius 3 is 2.95 bits per heavy atom. The molecule has 1 atom stereocenters. The smallest absolute Gasteiger partial charge is 0.353 e. The lowest BCUT2D eigenvalue weighted by molar-refractivity contribution is -0.141. The van der Waals surface area contributed by atoms with E-state index < -0.39 is 12.1 Å². The highest BCUT2D eigenvalue weighted by atomic mass is 16.6. The second-order valence-corrected chi connectivity index (χ2v) is 4.20. The van der Waals surface area contributed by atoms with Crippen molar-refractivity contribution < 1.29 is 19.5 Å². The van der Waals surface area contributed by atoms with Crippen molar-refractivity contribution in [2.45, 2.75) is 19.1 Å². The van der Waals surface area contributed by atoms with Crippen LogP contribution in [-0.4, -0.2) is 45.7 Å². The summed E-state index contributed by atoms with van der Waals surface area (Å²) in [5.41, 5.74) is 0.754. The van der Waals surface area contributed by atoms with Crippen LogP contribution in [0.3, 0.4) is 0 Å². The Morgan fingerprint density at radius 1 is 1.58 bits per heavy atom. The number of hydrogen-bond donors (Lipinski definition) is 1. The number of nitrogens with zero attached hydrogens (tertiary/aromatic N) is 3. The van der Waals surface area contributed by atoms with Crippen LogP contribution in [0, 0.1) is 0 Å². The standard InChI is InChI=1S/C12H13N3O4/c1-15(7-8-3-2-4-13-6-8)11(16)10-5-9(12(17)18)14-19-10/h2-4,6,10H,5,7H2,1H3,(H,17,18). The number of aliphatic carboxylic acids is 1. The molecule has 1 N–H and O–H groups in total. The highest BCUT2D eigenvalue weighted by molar-refractivity contribution is 6.36. The number of amides is 1. The zero-order valence-electron chi connectivity index (χ0n) is 10.3. The molecule has 0 aromatic carbocycles. The van der Waals surface area contributed by atoms with Gasteiger partial charge < -0.3 is 14.8 Å². The van der Waals surface area contributed by atoms with Crippen molar-refractivity contribution in [3.8, 4) is 0 Å². The van der Waals surface area contributed by atoms with E-state index in [-0.39, 0.29) is 18.0 Å². The molecule has 1 amide bonds. The lowest BCUT2D eigenvalue weighted by atomic mass is 10.1. The van der Waals surface area contributed by atoms with Crippen molar-refractivity contribution in [1.82, 2.24) is 9.88 Å². The number of carbonyl (C=O) groups excluding carboxylic acids is 1. The summed E-state index contributed by atoms with van der Waals surface area (Å²) in [6.45, 7) is 0.384. The number of oxime groups is 1. The first-order valence-electron chi connectivity index (χ1n) is 5.68. The van der Waals surface area contributed by atoms with Gasteiger partial charge in [0.2, 0.25) is 6.10 Å². The fraction of sp³-hybridized carbons (Fsp3) is 0.333. The summed E-state index contributed by atoms with van der Waals surface area (Å²) in [6, 6.07) is 3.64. The number of aromatic nitrogens is 1.